The molecule has 100 valence electrons. The number of pyridine rings is 1. The van der Waals surface area contributed by atoms with E-state index >= 15 is 0 Å². The van der Waals surface area contributed by atoms with Crippen LogP contribution in [0.1, 0.15) is 24.2 Å². The zero-order valence-corrected chi connectivity index (χ0v) is 10.7. The van der Waals surface area contributed by atoms with Crippen LogP contribution in [-0.2, 0) is 9.53 Å². The van der Waals surface area contributed by atoms with E-state index in [0.29, 0.717) is 16.6 Å². The van der Waals surface area contributed by atoms with Crippen LogP contribution < -0.4 is 5.73 Å². The van der Waals surface area contributed by atoms with Crippen molar-refractivity contribution in [3.8, 4) is 0 Å². The fraction of sp³-hybridized carbons (Fsp3) is 0.308. The van der Waals surface area contributed by atoms with Crippen LogP contribution in [0.4, 0.5) is 0 Å². The van der Waals surface area contributed by atoms with E-state index in [2.05, 4.69) is 9.97 Å². The molecule has 0 aliphatic rings. The van der Waals surface area contributed by atoms with Crippen molar-refractivity contribution in [1.29, 1.82) is 0 Å². The number of aromatic amines is 1. The number of nitrogens with one attached hydrogen (secondary N) is 1. The minimum absolute atomic E-state index is 0.176. The number of nitrogens with two attached hydrogens (primary N) is 1. The Bertz CT molecular complexity index is 618. The van der Waals surface area contributed by atoms with Gasteiger partial charge >= 0.3 is 5.97 Å². The number of carbonyl (C=O) groups is 2. The van der Waals surface area contributed by atoms with Gasteiger partial charge in [-0.15, -0.1) is 0 Å². The largest absolute Gasteiger partial charge is 0.448 e. The van der Waals surface area contributed by atoms with Crippen LogP contribution in [0.2, 0.25) is 0 Å². The van der Waals surface area contributed by atoms with Gasteiger partial charge in [0.15, 0.2) is 6.10 Å². The molecule has 0 aliphatic carbocycles. The second kappa shape index (κ2) is 5.09. The average molecular weight is 261 g/mol. The minimum Gasteiger partial charge on any atom is -0.448 e. The lowest BCUT2D eigenvalue weighted by molar-refractivity contribution is -0.128. The van der Waals surface area contributed by atoms with E-state index in [0.717, 1.165) is 0 Å². The molecule has 0 saturated carbocycles. The molecule has 0 bridgehead atoms. The van der Waals surface area contributed by atoms with Crippen LogP contribution in [0.25, 0.3) is 11.0 Å². The molecular formula is C13H15N3O3. The molecule has 19 heavy (non-hydrogen) atoms. The van der Waals surface area contributed by atoms with Crippen molar-refractivity contribution in [2.24, 2.45) is 11.7 Å². The van der Waals surface area contributed by atoms with Gasteiger partial charge in [0.2, 0.25) is 0 Å². The van der Waals surface area contributed by atoms with Crippen molar-refractivity contribution < 1.29 is 14.3 Å². The molecule has 0 radical (unpaired) electrons. The number of hydrogen-bond donors (Lipinski definition) is 2. The molecule has 0 aromatic carbocycles. The second-order valence-corrected chi connectivity index (χ2v) is 4.57. The van der Waals surface area contributed by atoms with E-state index in [1.54, 1.807) is 32.2 Å². The molecule has 2 aromatic heterocycles. The van der Waals surface area contributed by atoms with E-state index in [-0.39, 0.29) is 5.92 Å². The molecule has 2 rings (SSSR count). The molecule has 1 atom stereocenters. The van der Waals surface area contributed by atoms with E-state index < -0.39 is 18.0 Å². The molecular weight excluding hydrogens is 246 g/mol. The Kier molecular flexibility index (Phi) is 3.50. The Balaban J connectivity index is 2.29. The highest BCUT2D eigenvalue weighted by Gasteiger charge is 2.25. The summed E-state index contributed by atoms with van der Waals surface area (Å²) in [5.41, 5.74) is 6.17. The highest BCUT2D eigenvalue weighted by atomic mass is 16.5. The molecule has 0 aliphatic heterocycles. The molecule has 1 amide bonds. The van der Waals surface area contributed by atoms with Crippen LogP contribution in [-0.4, -0.2) is 27.9 Å². The first-order chi connectivity index (χ1) is 9.00. The van der Waals surface area contributed by atoms with Crippen molar-refractivity contribution in [1.82, 2.24) is 9.97 Å². The third-order valence-electron chi connectivity index (χ3n) is 2.80. The Morgan fingerprint density at radius 3 is 2.74 bits per heavy atom. The zero-order chi connectivity index (χ0) is 14.0. The number of H-pyrrole nitrogens is 1. The van der Waals surface area contributed by atoms with Crippen LogP contribution >= 0.6 is 0 Å². The van der Waals surface area contributed by atoms with Crippen molar-refractivity contribution in [3.63, 3.8) is 0 Å². The lowest BCUT2D eigenvalue weighted by Gasteiger charge is -2.18. The lowest BCUT2D eigenvalue weighted by atomic mass is 10.1. The summed E-state index contributed by atoms with van der Waals surface area (Å²) >= 11 is 0. The maximum Gasteiger partial charge on any atom is 0.339 e. The fourth-order valence-electron chi connectivity index (χ4n) is 1.84. The number of primary amides is 1. The second-order valence-electron chi connectivity index (χ2n) is 4.57. The highest BCUT2D eigenvalue weighted by Crippen LogP contribution is 2.18. The molecule has 2 heterocycles. The van der Waals surface area contributed by atoms with Crippen LogP contribution in [0.3, 0.4) is 0 Å². The molecule has 0 spiro atoms. The van der Waals surface area contributed by atoms with Gasteiger partial charge < -0.3 is 15.5 Å². The average Bonchev–Trinajstić information content (AvgIpc) is 2.82. The topological polar surface area (TPSA) is 98.1 Å². The number of esters is 1. The maximum atomic E-state index is 12.1. The van der Waals surface area contributed by atoms with E-state index in [1.165, 1.54) is 6.20 Å². The normalized spacial score (nSPS) is 12.6. The molecule has 2 aromatic rings. The number of ether oxygens (including phenoxy) is 1. The summed E-state index contributed by atoms with van der Waals surface area (Å²) in [7, 11) is 0. The molecule has 0 fully saturated rings. The number of rotatable bonds is 4. The Morgan fingerprint density at radius 1 is 1.37 bits per heavy atom. The highest BCUT2D eigenvalue weighted by molar-refractivity contribution is 6.03. The number of amides is 1. The van der Waals surface area contributed by atoms with Crippen LogP contribution in [0.15, 0.2) is 24.5 Å². The summed E-state index contributed by atoms with van der Waals surface area (Å²) < 4.78 is 5.18. The number of carbonyl (C=O) groups excluding carboxylic acids is 2. The Morgan fingerprint density at radius 2 is 2.11 bits per heavy atom. The Hall–Kier alpha value is -2.37. The monoisotopic (exact) mass is 261 g/mol. The number of aromatic nitrogens is 2. The maximum absolute atomic E-state index is 12.1. The van der Waals surface area contributed by atoms with E-state index in [9.17, 15) is 9.59 Å². The quantitative estimate of drug-likeness (QED) is 0.809. The first kappa shape index (κ1) is 13.1. The predicted octanol–water partition coefficient (Wildman–Crippen LogP) is 1.23. The standard InChI is InChI=1S/C13H15N3O3/c1-7(2)10(11(14)17)19-13(18)9-4-6-16-12-8(9)3-5-15-12/h3-7,10H,1-2H3,(H2,14,17)(H,15,16). The van der Waals surface area contributed by atoms with Gasteiger partial charge in [0.25, 0.3) is 5.91 Å². The van der Waals surface area contributed by atoms with Gasteiger partial charge in [-0.25, -0.2) is 9.78 Å². The lowest BCUT2D eigenvalue weighted by Crippen LogP contribution is -2.37. The molecule has 6 heteroatoms. The number of fused-ring (bicyclic) bond motifs is 1. The van der Waals surface area contributed by atoms with Gasteiger partial charge in [0, 0.05) is 17.8 Å². The molecule has 0 saturated heterocycles. The number of nitrogens with zero attached hydrogens (tertiary/aromatic N) is 1. The Labute approximate surface area is 110 Å². The van der Waals surface area contributed by atoms with Gasteiger partial charge in [-0.2, -0.15) is 0 Å². The first-order valence-electron chi connectivity index (χ1n) is 5.93. The summed E-state index contributed by atoms with van der Waals surface area (Å²) in [6.45, 7) is 3.53. The third-order valence-corrected chi connectivity index (χ3v) is 2.80. The van der Waals surface area contributed by atoms with Crippen molar-refractivity contribution in [3.05, 3.63) is 30.1 Å². The minimum atomic E-state index is -0.936. The zero-order valence-electron chi connectivity index (χ0n) is 10.7. The summed E-state index contributed by atoms with van der Waals surface area (Å²) in [4.78, 5) is 30.3. The summed E-state index contributed by atoms with van der Waals surface area (Å²) in [5.74, 6) is -1.41. The van der Waals surface area contributed by atoms with E-state index in [4.69, 9.17) is 10.5 Å². The SMILES string of the molecule is CC(C)C(OC(=O)c1ccnc2[nH]ccc12)C(N)=O. The van der Waals surface area contributed by atoms with Crippen molar-refractivity contribution in [2.75, 3.05) is 0 Å². The van der Waals surface area contributed by atoms with Gasteiger partial charge in [0.1, 0.15) is 5.65 Å². The van der Waals surface area contributed by atoms with Crippen molar-refractivity contribution in [2.45, 2.75) is 20.0 Å². The van der Waals surface area contributed by atoms with Crippen molar-refractivity contribution >= 4 is 22.9 Å². The van der Waals surface area contributed by atoms with Gasteiger partial charge in [0.05, 0.1) is 5.56 Å². The third kappa shape index (κ3) is 2.57. The summed E-state index contributed by atoms with van der Waals surface area (Å²) in [6, 6.07) is 3.28. The summed E-state index contributed by atoms with van der Waals surface area (Å²) in [6.07, 6.45) is 2.25. The fourth-order valence-corrected chi connectivity index (χ4v) is 1.84. The number of hydrogen-bond acceptors (Lipinski definition) is 4. The van der Waals surface area contributed by atoms with E-state index in [1.807, 2.05) is 0 Å². The summed E-state index contributed by atoms with van der Waals surface area (Å²) in [5, 5.41) is 0.652. The smallest absolute Gasteiger partial charge is 0.339 e. The van der Waals surface area contributed by atoms with Crippen LogP contribution in [0.5, 0.6) is 0 Å². The predicted molar refractivity (Wildman–Crippen MR) is 69.3 cm³/mol. The molecule has 3 N–H and O–H groups in total. The van der Waals surface area contributed by atoms with Gasteiger partial charge in [-0.1, -0.05) is 13.8 Å². The molecule has 1 unspecified atom stereocenters. The van der Waals surface area contributed by atoms with Gasteiger partial charge in [-0.05, 0) is 18.1 Å². The molecule has 6 nitrogen and oxygen atoms in total. The van der Waals surface area contributed by atoms with Crippen LogP contribution in [0, 0.1) is 5.92 Å². The first-order valence-corrected chi connectivity index (χ1v) is 5.93. The van der Waals surface area contributed by atoms with Gasteiger partial charge in [-0.3, -0.25) is 4.79 Å².